The standard InChI is InChI=1S/C15H31NO3/c1-14(2,3)16-13(17)12-18-10-8-7-9-11-19-15(4,5)6/h7-12H2,1-6H3,(H,16,17). The van der Waals surface area contributed by atoms with E-state index in [4.69, 9.17) is 9.47 Å². The van der Waals surface area contributed by atoms with Gasteiger partial charge in [-0.25, -0.2) is 0 Å². The first kappa shape index (κ1) is 18.4. The molecular formula is C15H31NO3. The molecule has 0 aromatic carbocycles. The minimum Gasteiger partial charge on any atom is -0.376 e. The van der Waals surface area contributed by atoms with Crippen LogP contribution in [-0.4, -0.2) is 36.9 Å². The summed E-state index contributed by atoms with van der Waals surface area (Å²) >= 11 is 0. The molecule has 0 unspecified atom stereocenters. The van der Waals surface area contributed by atoms with Crippen LogP contribution in [-0.2, 0) is 14.3 Å². The fourth-order valence-corrected chi connectivity index (χ4v) is 1.48. The number of nitrogens with one attached hydrogen (secondary N) is 1. The summed E-state index contributed by atoms with van der Waals surface area (Å²) in [6.45, 7) is 13.6. The maximum atomic E-state index is 11.4. The first-order chi connectivity index (χ1) is 8.60. The number of amides is 1. The van der Waals surface area contributed by atoms with E-state index in [0.717, 1.165) is 25.9 Å². The Morgan fingerprint density at radius 1 is 0.947 bits per heavy atom. The Balaban J connectivity index is 3.35. The highest BCUT2D eigenvalue weighted by Gasteiger charge is 2.13. The van der Waals surface area contributed by atoms with E-state index in [1.165, 1.54) is 0 Å². The van der Waals surface area contributed by atoms with E-state index in [-0.39, 0.29) is 23.7 Å². The fraction of sp³-hybridized carbons (Fsp3) is 0.933. The van der Waals surface area contributed by atoms with Gasteiger partial charge < -0.3 is 14.8 Å². The lowest BCUT2D eigenvalue weighted by Gasteiger charge is -2.20. The van der Waals surface area contributed by atoms with Crippen molar-refractivity contribution in [1.29, 1.82) is 0 Å². The van der Waals surface area contributed by atoms with Gasteiger partial charge in [-0.3, -0.25) is 4.79 Å². The summed E-state index contributed by atoms with van der Waals surface area (Å²) in [5.41, 5.74) is -0.244. The monoisotopic (exact) mass is 273 g/mol. The fourth-order valence-electron chi connectivity index (χ4n) is 1.48. The molecule has 0 heterocycles. The molecule has 0 aromatic heterocycles. The van der Waals surface area contributed by atoms with Gasteiger partial charge in [-0.2, -0.15) is 0 Å². The van der Waals surface area contributed by atoms with Crippen molar-refractivity contribution >= 4 is 5.91 Å². The molecule has 0 rings (SSSR count). The first-order valence-electron chi connectivity index (χ1n) is 7.13. The summed E-state index contributed by atoms with van der Waals surface area (Å²) in [5.74, 6) is -0.0523. The molecule has 0 radical (unpaired) electrons. The van der Waals surface area contributed by atoms with Crippen molar-refractivity contribution in [2.75, 3.05) is 19.8 Å². The van der Waals surface area contributed by atoms with E-state index in [2.05, 4.69) is 26.1 Å². The van der Waals surface area contributed by atoms with Crippen molar-refractivity contribution in [3.63, 3.8) is 0 Å². The number of hydrogen-bond acceptors (Lipinski definition) is 3. The van der Waals surface area contributed by atoms with Crippen LogP contribution in [0.2, 0.25) is 0 Å². The Labute approximate surface area is 118 Å². The van der Waals surface area contributed by atoms with E-state index in [0.29, 0.717) is 6.61 Å². The molecule has 114 valence electrons. The molecule has 0 aliphatic rings. The van der Waals surface area contributed by atoms with Gasteiger partial charge in [0.15, 0.2) is 0 Å². The molecule has 0 atom stereocenters. The highest BCUT2D eigenvalue weighted by molar-refractivity contribution is 5.77. The van der Waals surface area contributed by atoms with E-state index in [9.17, 15) is 4.79 Å². The molecule has 0 saturated heterocycles. The van der Waals surface area contributed by atoms with Crippen LogP contribution in [0.25, 0.3) is 0 Å². The minimum atomic E-state index is -0.190. The normalized spacial score (nSPS) is 12.5. The summed E-state index contributed by atoms with van der Waals surface area (Å²) in [4.78, 5) is 11.4. The molecule has 0 bridgehead atoms. The largest absolute Gasteiger partial charge is 0.376 e. The Hall–Kier alpha value is -0.610. The Morgan fingerprint density at radius 2 is 1.53 bits per heavy atom. The molecular weight excluding hydrogens is 242 g/mol. The second-order valence-corrected chi connectivity index (χ2v) is 6.87. The van der Waals surface area contributed by atoms with Crippen molar-refractivity contribution in [1.82, 2.24) is 5.32 Å². The second kappa shape index (κ2) is 8.54. The number of carbonyl (C=O) groups is 1. The molecule has 1 N–H and O–H groups in total. The number of rotatable bonds is 8. The van der Waals surface area contributed by atoms with Crippen LogP contribution in [0.15, 0.2) is 0 Å². The molecule has 0 aliphatic heterocycles. The van der Waals surface area contributed by atoms with Gasteiger partial charge in [0.05, 0.1) is 5.60 Å². The average Bonchev–Trinajstić information content (AvgIpc) is 2.17. The summed E-state index contributed by atoms with van der Waals surface area (Å²) in [5, 5.41) is 2.86. The topological polar surface area (TPSA) is 47.6 Å². The Bertz CT molecular complexity index is 251. The molecule has 0 spiro atoms. The van der Waals surface area contributed by atoms with Crippen LogP contribution in [0.5, 0.6) is 0 Å². The molecule has 0 fully saturated rings. The summed E-state index contributed by atoms with van der Waals surface area (Å²) in [6.07, 6.45) is 3.07. The predicted molar refractivity (Wildman–Crippen MR) is 78.3 cm³/mol. The molecule has 0 saturated carbocycles. The lowest BCUT2D eigenvalue weighted by molar-refractivity contribution is -0.127. The molecule has 4 heteroatoms. The zero-order chi connectivity index (χ0) is 14.9. The van der Waals surface area contributed by atoms with Gasteiger partial charge in [0.1, 0.15) is 6.61 Å². The first-order valence-corrected chi connectivity index (χ1v) is 7.13. The average molecular weight is 273 g/mol. The van der Waals surface area contributed by atoms with Gasteiger partial charge >= 0.3 is 0 Å². The SMILES string of the molecule is CC(C)(C)NC(=O)COCCCCCOC(C)(C)C. The molecule has 1 amide bonds. The van der Waals surface area contributed by atoms with Crippen LogP contribution >= 0.6 is 0 Å². The lowest BCUT2D eigenvalue weighted by atomic mass is 10.1. The van der Waals surface area contributed by atoms with E-state index in [1.807, 2.05) is 20.8 Å². The third kappa shape index (κ3) is 15.3. The van der Waals surface area contributed by atoms with Gasteiger partial charge in [-0.15, -0.1) is 0 Å². The van der Waals surface area contributed by atoms with E-state index < -0.39 is 0 Å². The Morgan fingerprint density at radius 3 is 2.05 bits per heavy atom. The highest BCUT2D eigenvalue weighted by atomic mass is 16.5. The summed E-state index contributed by atoms with van der Waals surface area (Å²) in [6, 6.07) is 0. The number of unbranched alkanes of at least 4 members (excludes halogenated alkanes) is 2. The van der Waals surface area contributed by atoms with Gasteiger partial charge in [0.2, 0.25) is 5.91 Å². The smallest absolute Gasteiger partial charge is 0.246 e. The third-order valence-corrected chi connectivity index (χ3v) is 2.22. The van der Waals surface area contributed by atoms with Crippen molar-refractivity contribution < 1.29 is 14.3 Å². The van der Waals surface area contributed by atoms with Gasteiger partial charge in [0.25, 0.3) is 0 Å². The maximum Gasteiger partial charge on any atom is 0.246 e. The zero-order valence-corrected chi connectivity index (χ0v) is 13.5. The molecule has 4 nitrogen and oxygen atoms in total. The zero-order valence-electron chi connectivity index (χ0n) is 13.5. The van der Waals surface area contributed by atoms with Gasteiger partial charge in [-0.1, -0.05) is 0 Å². The van der Waals surface area contributed by atoms with Crippen LogP contribution in [0.1, 0.15) is 60.8 Å². The van der Waals surface area contributed by atoms with Gasteiger partial charge in [0, 0.05) is 18.8 Å². The summed E-state index contributed by atoms with van der Waals surface area (Å²) in [7, 11) is 0. The highest BCUT2D eigenvalue weighted by Crippen LogP contribution is 2.08. The second-order valence-electron chi connectivity index (χ2n) is 6.87. The van der Waals surface area contributed by atoms with Crippen molar-refractivity contribution in [2.45, 2.75) is 71.9 Å². The van der Waals surface area contributed by atoms with E-state index >= 15 is 0 Å². The molecule has 0 aromatic rings. The van der Waals surface area contributed by atoms with Crippen LogP contribution in [0, 0.1) is 0 Å². The molecule has 0 aliphatic carbocycles. The quantitative estimate of drug-likeness (QED) is 0.692. The van der Waals surface area contributed by atoms with Gasteiger partial charge in [-0.05, 0) is 60.8 Å². The van der Waals surface area contributed by atoms with Crippen molar-refractivity contribution in [3.05, 3.63) is 0 Å². The lowest BCUT2D eigenvalue weighted by Crippen LogP contribution is -2.42. The van der Waals surface area contributed by atoms with Crippen LogP contribution in [0.3, 0.4) is 0 Å². The van der Waals surface area contributed by atoms with Crippen LogP contribution < -0.4 is 5.32 Å². The van der Waals surface area contributed by atoms with E-state index in [1.54, 1.807) is 0 Å². The Kier molecular flexibility index (Phi) is 8.26. The van der Waals surface area contributed by atoms with Crippen molar-refractivity contribution in [2.24, 2.45) is 0 Å². The number of ether oxygens (including phenoxy) is 2. The summed E-state index contributed by atoms with van der Waals surface area (Å²) < 4.78 is 11.0. The minimum absolute atomic E-state index is 0.0523. The van der Waals surface area contributed by atoms with Crippen LogP contribution in [0.4, 0.5) is 0 Å². The number of carbonyl (C=O) groups excluding carboxylic acids is 1. The molecule has 19 heavy (non-hydrogen) atoms. The third-order valence-electron chi connectivity index (χ3n) is 2.22. The van der Waals surface area contributed by atoms with Crippen molar-refractivity contribution in [3.8, 4) is 0 Å². The predicted octanol–water partition coefficient (Wildman–Crippen LogP) is 2.90. The maximum absolute atomic E-state index is 11.4. The number of hydrogen-bond donors (Lipinski definition) is 1.